The van der Waals surface area contributed by atoms with Crippen molar-refractivity contribution >= 4 is 5.91 Å². The Morgan fingerprint density at radius 1 is 1.30 bits per heavy atom. The number of benzene rings is 1. The van der Waals surface area contributed by atoms with Gasteiger partial charge in [0.2, 0.25) is 5.91 Å². The van der Waals surface area contributed by atoms with E-state index in [2.05, 4.69) is 11.1 Å². The zero-order chi connectivity index (χ0) is 18.9. The molecule has 2 aliphatic rings. The minimum atomic E-state index is -0.356. The van der Waals surface area contributed by atoms with E-state index in [9.17, 15) is 4.79 Å². The number of carbonyl (C=O) groups excluding carboxylic acids is 1. The highest BCUT2D eigenvalue weighted by Gasteiger charge is 2.41. The summed E-state index contributed by atoms with van der Waals surface area (Å²) in [5.41, 5.74) is 0.714. The second-order valence-corrected chi connectivity index (χ2v) is 7.73. The van der Waals surface area contributed by atoms with Crippen LogP contribution in [0.25, 0.3) is 0 Å². The molecule has 6 nitrogen and oxygen atoms in total. The molecule has 0 unspecified atom stereocenters. The molecule has 1 aromatic heterocycles. The SMILES string of the molecule is Cc1nccn1C[C@H](C)C(=O)N1Cc2ccccc2OC2(CCOCC2)C1. The summed E-state index contributed by atoms with van der Waals surface area (Å²) >= 11 is 0. The van der Waals surface area contributed by atoms with Crippen molar-refractivity contribution in [2.75, 3.05) is 19.8 Å². The molecule has 1 spiro atoms. The van der Waals surface area contributed by atoms with Gasteiger partial charge in [0.1, 0.15) is 17.2 Å². The number of carbonyl (C=O) groups is 1. The third-order valence-electron chi connectivity index (χ3n) is 5.67. The van der Waals surface area contributed by atoms with Crippen molar-refractivity contribution < 1.29 is 14.3 Å². The normalized spacial score (nSPS) is 19.9. The minimum absolute atomic E-state index is 0.125. The Labute approximate surface area is 160 Å². The van der Waals surface area contributed by atoms with Gasteiger partial charge in [-0.3, -0.25) is 4.79 Å². The molecule has 1 atom stereocenters. The van der Waals surface area contributed by atoms with Crippen molar-refractivity contribution in [3.63, 3.8) is 0 Å². The molecular weight excluding hydrogens is 342 g/mol. The fraction of sp³-hybridized carbons (Fsp3) is 0.524. The number of aryl methyl sites for hydroxylation is 1. The summed E-state index contributed by atoms with van der Waals surface area (Å²) < 4.78 is 14.1. The quantitative estimate of drug-likeness (QED) is 0.835. The molecular formula is C21H27N3O3. The number of imidazole rings is 1. The first-order valence-electron chi connectivity index (χ1n) is 9.67. The highest BCUT2D eigenvalue weighted by molar-refractivity contribution is 5.78. The van der Waals surface area contributed by atoms with Gasteiger partial charge in [-0.1, -0.05) is 25.1 Å². The average Bonchev–Trinajstić information content (AvgIpc) is 2.99. The van der Waals surface area contributed by atoms with Crippen LogP contribution < -0.4 is 4.74 Å². The summed E-state index contributed by atoms with van der Waals surface area (Å²) in [4.78, 5) is 19.6. The summed E-state index contributed by atoms with van der Waals surface area (Å²) in [6.45, 7) is 7.14. The predicted molar refractivity (Wildman–Crippen MR) is 101 cm³/mol. The lowest BCUT2D eigenvalue weighted by Gasteiger charge is -2.39. The molecule has 3 heterocycles. The van der Waals surface area contributed by atoms with Gasteiger partial charge in [0.25, 0.3) is 0 Å². The van der Waals surface area contributed by atoms with E-state index in [0.717, 1.165) is 30.0 Å². The van der Waals surface area contributed by atoms with E-state index < -0.39 is 0 Å². The van der Waals surface area contributed by atoms with Gasteiger partial charge in [0, 0.05) is 43.9 Å². The first-order chi connectivity index (χ1) is 13.1. The van der Waals surface area contributed by atoms with Crippen molar-refractivity contribution in [3.8, 4) is 5.75 Å². The zero-order valence-corrected chi connectivity index (χ0v) is 16.1. The van der Waals surface area contributed by atoms with Crippen LogP contribution >= 0.6 is 0 Å². The number of nitrogens with zero attached hydrogens (tertiary/aromatic N) is 3. The van der Waals surface area contributed by atoms with E-state index in [1.165, 1.54) is 0 Å². The fourth-order valence-electron chi connectivity index (χ4n) is 4.05. The average molecular weight is 369 g/mol. The van der Waals surface area contributed by atoms with Gasteiger partial charge in [-0.25, -0.2) is 4.98 Å². The number of hydrogen-bond donors (Lipinski definition) is 0. The molecule has 2 aromatic rings. The number of amides is 1. The molecule has 1 aromatic carbocycles. The molecule has 6 heteroatoms. The highest BCUT2D eigenvalue weighted by Crippen LogP contribution is 2.35. The molecule has 1 saturated heterocycles. The predicted octanol–water partition coefficient (Wildman–Crippen LogP) is 2.80. The number of ether oxygens (including phenoxy) is 2. The van der Waals surface area contributed by atoms with Crippen LogP contribution in [0.2, 0.25) is 0 Å². The van der Waals surface area contributed by atoms with Crippen molar-refractivity contribution in [1.29, 1.82) is 0 Å². The van der Waals surface area contributed by atoms with Gasteiger partial charge in [0.05, 0.1) is 25.7 Å². The van der Waals surface area contributed by atoms with E-state index in [0.29, 0.717) is 32.8 Å². The minimum Gasteiger partial charge on any atom is -0.485 e. The number of aromatic nitrogens is 2. The maximum atomic E-state index is 13.3. The molecule has 0 bridgehead atoms. The van der Waals surface area contributed by atoms with Crippen LogP contribution in [0, 0.1) is 12.8 Å². The van der Waals surface area contributed by atoms with Gasteiger partial charge in [-0.15, -0.1) is 0 Å². The Kier molecular flexibility index (Phi) is 4.91. The largest absolute Gasteiger partial charge is 0.485 e. The molecule has 2 aliphatic heterocycles. The lowest BCUT2D eigenvalue weighted by Crippen LogP contribution is -2.51. The Hall–Kier alpha value is -2.34. The van der Waals surface area contributed by atoms with E-state index in [4.69, 9.17) is 9.47 Å². The van der Waals surface area contributed by atoms with Gasteiger partial charge >= 0.3 is 0 Å². The highest BCUT2D eigenvalue weighted by atomic mass is 16.5. The smallest absolute Gasteiger partial charge is 0.227 e. The molecule has 0 saturated carbocycles. The molecule has 0 aliphatic carbocycles. The second kappa shape index (κ2) is 7.35. The molecule has 0 N–H and O–H groups in total. The fourth-order valence-corrected chi connectivity index (χ4v) is 4.05. The lowest BCUT2D eigenvalue weighted by atomic mass is 9.93. The Morgan fingerprint density at radius 3 is 2.81 bits per heavy atom. The molecule has 0 radical (unpaired) electrons. The van der Waals surface area contributed by atoms with Crippen molar-refractivity contribution in [3.05, 3.63) is 48.0 Å². The molecule has 144 valence electrons. The van der Waals surface area contributed by atoms with E-state index in [1.807, 2.05) is 47.7 Å². The van der Waals surface area contributed by atoms with Crippen LogP contribution in [-0.4, -0.2) is 45.7 Å². The number of fused-ring (bicyclic) bond motifs is 1. The maximum Gasteiger partial charge on any atom is 0.227 e. The maximum absolute atomic E-state index is 13.3. The van der Waals surface area contributed by atoms with Crippen LogP contribution in [0.3, 0.4) is 0 Å². The Morgan fingerprint density at radius 2 is 2.07 bits per heavy atom. The summed E-state index contributed by atoms with van der Waals surface area (Å²) in [5.74, 6) is 1.86. The number of para-hydroxylation sites is 1. The topological polar surface area (TPSA) is 56.6 Å². The van der Waals surface area contributed by atoms with Crippen molar-refractivity contribution in [1.82, 2.24) is 14.5 Å². The van der Waals surface area contributed by atoms with Crippen LogP contribution in [-0.2, 0) is 22.6 Å². The van der Waals surface area contributed by atoms with Gasteiger partial charge in [-0.2, -0.15) is 0 Å². The lowest BCUT2D eigenvalue weighted by molar-refractivity contribution is -0.140. The standard InChI is InChI=1S/C21H27N3O3/c1-16(13-23-10-9-22-17(23)2)20(25)24-14-18-5-3-4-6-19(18)27-21(15-24)7-11-26-12-8-21/h3-6,9-10,16H,7-8,11-15H2,1-2H3/t16-/m0/s1. The van der Waals surface area contributed by atoms with Crippen LogP contribution in [0.4, 0.5) is 0 Å². The van der Waals surface area contributed by atoms with E-state index in [-0.39, 0.29) is 17.4 Å². The molecule has 1 amide bonds. The molecule has 27 heavy (non-hydrogen) atoms. The summed E-state index contributed by atoms with van der Waals surface area (Å²) in [5, 5.41) is 0. The van der Waals surface area contributed by atoms with Crippen LogP contribution in [0.15, 0.2) is 36.7 Å². The van der Waals surface area contributed by atoms with Crippen LogP contribution in [0.5, 0.6) is 5.75 Å². The monoisotopic (exact) mass is 369 g/mol. The van der Waals surface area contributed by atoms with E-state index >= 15 is 0 Å². The first kappa shape index (κ1) is 18.0. The number of rotatable bonds is 3. The molecule has 4 rings (SSSR count). The van der Waals surface area contributed by atoms with E-state index in [1.54, 1.807) is 6.20 Å². The Balaban J connectivity index is 1.58. The van der Waals surface area contributed by atoms with Crippen LogP contribution in [0.1, 0.15) is 31.2 Å². The number of hydrogen-bond acceptors (Lipinski definition) is 4. The summed E-state index contributed by atoms with van der Waals surface area (Å²) in [6.07, 6.45) is 5.32. The van der Waals surface area contributed by atoms with Crippen molar-refractivity contribution in [2.45, 2.75) is 45.4 Å². The molecule has 1 fully saturated rings. The second-order valence-electron chi connectivity index (χ2n) is 7.73. The van der Waals surface area contributed by atoms with Gasteiger partial charge in [0.15, 0.2) is 0 Å². The summed E-state index contributed by atoms with van der Waals surface area (Å²) in [7, 11) is 0. The third-order valence-corrected chi connectivity index (χ3v) is 5.67. The Bertz CT molecular complexity index is 811. The van der Waals surface area contributed by atoms with Crippen molar-refractivity contribution in [2.24, 2.45) is 5.92 Å². The summed E-state index contributed by atoms with van der Waals surface area (Å²) in [6, 6.07) is 8.07. The first-order valence-corrected chi connectivity index (χ1v) is 9.67. The van der Waals surface area contributed by atoms with Gasteiger partial charge < -0.3 is 18.9 Å². The third kappa shape index (κ3) is 3.72. The van der Waals surface area contributed by atoms with Gasteiger partial charge in [-0.05, 0) is 13.0 Å². The zero-order valence-electron chi connectivity index (χ0n) is 16.1.